The van der Waals surface area contributed by atoms with Crippen molar-refractivity contribution in [2.75, 3.05) is 6.54 Å². The quantitative estimate of drug-likeness (QED) is 0.761. The molecular weight excluding hydrogens is 278 g/mol. The van der Waals surface area contributed by atoms with E-state index in [1.165, 1.54) is 0 Å². The standard InChI is InChI=1S/C15H22ClNO3/c1-11(18)5-4-10-17-14(19)15(2,3)20-13-8-6-12(16)7-9-13/h6-9,11,18H,4-5,10H2,1-3H3,(H,17,19). The number of ether oxygens (including phenoxy) is 1. The van der Waals surface area contributed by atoms with Crippen LogP contribution in [0.4, 0.5) is 0 Å². The molecule has 0 fully saturated rings. The van der Waals surface area contributed by atoms with Gasteiger partial charge in [-0.2, -0.15) is 0 Å². The van der Waals surface area contributed by atoms with Gasteiger partial charge < -0.3 is 15.2 Å². The molecule has 0 aliphatic carbocycles. The lowest BCUT2D eigenvalue weighted by molar-refractivity contribution is -0.134. The molecular formula is C15H22ClNO3. The lowest BCUT2D eigenvalue weighted by Crippen LogP contribution is -2.46. The van der Waals surface area contributed by atoms with Crippen molar-refractivity contribution in [3.05, 3.63) is 29.3 Å². The highest BCUT2D eigenvalue weighted by Crippen LogP contribution is 2.20. The lowest BCUT2D eigenvalue weighted by atomic mass is 10.1. The van der Waals surface area contributed by atoms with Gasteiger partial charge in [0.1, 0.15) is 5.75 Å². The number of hydrogen-bond donors (Lipinski definition) is 2. The second-order valence-corrected chi connectivity index (χ2v) is 5.75. The number of aliphatic hydroxyl groups excluding tert-OH is 1. The average Bonchev–Trinajstić information content (AvgIpc) is 2.36. The van der Waals surface area contributed by atoms with E-state index in [9.17, 15) is 4.79 Å². The summed E-state index contributed by atoms with van der Waals surface area (Å²) in [6.07, 6.45) is 1.06. The number of halogens is 1. The molecule has 0 aliphatic heterocycles. The monoisotopic (exact) mass is 299 g/mol. The Hall–Kier alpha value is -1.26. The molecule has 1 amide bonds. The third kappa shape index (κ3) is 5.80. The summed E-state index contributed by atoms with van der Waals surface area (Å²) in [6.45, 7) is 5.68. The molecule has 0 aliphatic rings. The van der Waals surface area contributed by atoms with Gasteiger partial charge in [0.2, 0.25) is 0 Å². The minimum atomic E-state index is -0.960. The molecule has 0 spiro atoms. The van der Waals surface area contributed by atoms with Gasteiger partial charge in [-0.25, -0.2) is 0 Å². The first-order valence-electron chi connectivity index (χ1n) is 6.72. The van der Waals surface area contributed by atoms with Crippen LogP contribution in [-0.4, -0.2) is 29.3 Å². The van der Waals surface area contributed by atoms with Crippen molar-refractivity contribution < 1.29 is 14.6 Å². The first kappa shape index (κ1) is 16.8. The summed E-state index contributed by atoms with van der Waals surface area (Å²) in [5.74, 6) is 0.413. The third-order valence-electron chi connectivity index (χ3n) is 2.82. The van der Waals surface area contributed by atoms with Crippen LogP contribution in [0.1, 0.15) is 33.6 Å². The molecule has 0 saturated heterocycles. The maximum absolute atomic E-state index is 12.1. The summed E-state index contributed by atoms with van der Waals surface area (Å²) < 4.78 is 5.68. The van der Waals surface area contributed by atoms with Crippen molar-refractivity contribution in [3.8, 4) is 5.75 Å². The number of benzene rings is 1. The number of amides is 1. The second-order valence-electron chi connectivity index (χ2n) is 5.31. The van der Waals surface area contributed by atoms with Crippen LogP contribution in [0.25, 0.3) is 0 Å². The van der Waals surface area contributed by atoms with Crippen LogP contribution < -0.4 is 10.1 Å². The molecule has 4 nitrogen and oxygen atoms in total. The molecule has 0 bridgehead atoms. The van der Waals surface area contributed by atoms with E-state index in [1.54, 1.807) is 45.0 Å². The molecule has 1 atom stereocenters. The van der Waals surface area contributed by atoms with Gasteiger partial charge in [0.15, 0.2) is 5.60 Å². The molecule has 0 radical (unpaired) electrons. The molecule has 0 aromatic heterocycles. The van der Waals surface area contributed by atoms with Gasteiger partial charge in [-0.3, -0.25) is 4.79 Å². The Morgan fingerprint density at radius 1 is 1.40 bits per heavy atom. The number of nitrogens with one attached hydrogen (secondary N) is 1. The van der Waals surface area contributed by atoms with Crippen LogP contribution in [0.5, 0.6) is 5.75 Å². The van der Waals surface area contributed by atoms with Gasteiger partial charge in [0.25, 0.3) is 5.91 Å². The van der Waals surface area contributed by atoms with Crippen LogP contribution in [-0.2, 0) is 4.79 Å². The zero-order valence-electron chi connectivity index (χ0n) is 12.1. The number of carbonyl (C=O) groups is 1. The fourth-order valence-electron chi connectivity index (χ4n) is 1.66. The molecule has 1 unspecified atom stereocenters. The van der Waals surface area contributed by atoms with Crippen molar-refractivity contribution in [2.45, 2.75) is 45.3 Å². The predicted molar refractivity (Wildman–Crippen MR) is 80.1 cm³/mol. The average molecular weight is 300 g/mol. The fraction of sp³-hybridized carbons (Fsp3) is 0.533. The first-order valence-corrected chi connectivity index (χ1v) is 7.10. The van der Waals surface area contributed by atoms with Crippen LogP contribution in [0, 0.1) is 0 Å². The van der Waals surface area contributed by atoms with Crippen LogP contribution in [0.2, 0.25) is 5.02 Å². The highest BCUT2D eigenvalue weighted by atomic mass is 35.5. The molecule has 2 N–H and O–H groups in total. The van der Waals surface area contributed by atoms with Gasteiger partial charge in [-0.15, -0.1) is 0 Å². The minimum absolute atomic E-state index is 0.182. The molecule has 1 aromatic rings. The van der Waals surface area contributed by atoms with E-state index in [0.717, 1.165) is 6.42 Å². The largest absolute Gasteiger partial charge is 0.478 e. The Morgan fingerprint density at radius 2 is 2.00 bits per heavy atom. The van der Waals surface area contributed by atoms with E-state index >= 15 is 0 Å². The predicted octanol–water partition coefficient (Wildman–Crippen LogP) is 2.77. The fourth-order valence-corrected chi connectivity index (χ4v) is 1.78. The van der Waals surface area contributed by atoms with E-state index in [1.807, 2.05) is 0 Å². The molecule has 0 heterocycles. The number of rotatable bonds is 7. The molecule has 5 heteroatoms. The smallest absolute Gasteiger partial charge is 0.263 e. The van der Waals surface area contributed by atoms with Crippen LogP contribution in [0.3, 0.4) is 0 Å². The third-order valence-corrected chi connectivity index (χ3v) is 3.07. The van der Waals surface area contributed by atoms with Gasteiger partial charge in [0.05, 0.1) is 6.10 Å². The Labute approximate surface area is 125 Å². The molecule has 112 valence electrons. The maximum atomic E-state index is 12.1. The van der Waals surface area contributed by atoms with E-state index in [-0.39, 0.29) is 12.0 Å². The highest BCUT2D eigenvalue weighted by Gasteiger charge is 2.29. The molecule has 0 saturated carbocycles. The minimum Gasteiger partial charge on any atom is -0.478 e. The molecule has 20 heavy (non-hydrogen) atoms. The Morgan fingerprint density at radius 3 is 2.55 bits per heavy atom. The number of hydrogen-bond acceptors (Lipinski definition) is 3. The molecule has 1 aromatic carbocycles. The first-order chi connectivity index (χ1) is 9.31. The number of aliphatic hydroxyl groups is 1. The number of carbonyl (C=O) groups excluding carboxylic acids is 1. The topological polar surface area (TPSA) is 58.6 Å². The van der Waals surface area contributed by atoms with E-state index in [2.05, 4.69) is 5.32 Å². The SMILES string of the molecule is CC(O)CCCNC(=O)C(C)(C)Oc1ccc(Cl)cc1. The van der Waals surface area contributed by atoms with Crippen molar-refractivity contribution in [2.24, 2.45) is 0 Å². The van der Waals surface area contributed by atoms with E-state index < -0.39 is 5.60 Å². The summed E-state index contributed by atoms with van der Waals surface area (Å²) in [5.41, 5.74) is -0.960. The normalized spacial score (nSPS) is 12.8. The lowest BCUT2D eigenvalue weighted by Gasteiger charge is -2.25. The van der Waals surface area contributed by atoms with Gasteiger partial charge in [-0.05, 0) is 57.9 Å². The van der Waals surface area contributed by atoms with Crippen molar-refractivity contribution >= 4 is 17.5 Å². The van der Waals surface area contributed by atoms with Crippen LogP contribution >= 0.6 is 11.6 Å². The van der Waals surface area contributed by atoms with E-state index in [0.29, 0.717) is 23.7 Å². The zero-order chi connectivity index (χ0) is 15.2. The van der Waals surface area contributed by atoms with Crippen molar-refractivity contribution in [1.29, 1.82) is 0 Å². The Bertz CT molecular complexity index is 429. The Kier molecular flexibility index (Phi) is 6.30. The van der Waals surface area contributed by atoms with Gasteiger partial charge >= 0.3 is 0 Å². The van der Waals surface area contributed by atoms with Gasteiger partial charge in [0, 0.05) is 11.6 Å². The molecule has 1 rings (SSSR count). The van der Waals surface area contributed by atoms with Crippen molar-refractivity contribution in [1.82, 2.24) is 5.32 Å². The summed E-state index contributed by atoms with van der Waals surface area (Å²) in [4.78, 5) is 12.1. The summed E-state index contributed by atoms with van der Waals surface area (Å²) in [5, 5.41) is 12.6. The van der Waals surface area contributed by atoms with Crippen LogP contribution in [0.15, 0.2) is 24.3 Å². The highest BCUT2D eigenvalue weighted by molar-refractivity contribution is 6.30. The maximum Gasteiger partial charge on any atom is 0.263 e. The Balaban J connectivity index is 2.46. The summed E-state index contributed by atoms with van der Waals surface area (Å²) in [7, 11) is 0. The summed E-state index contributed by atoms with van der Waals surface area (Å²) >= 11 is 5.80. The second kappa shape index (κ2) is 7.50. The van der Waals surface area contributed by atoms with E-state index in [4.69, 9.17) is 21.4 Å². The summed E-state index contributed by atoms with van der Waals surface area (Å²) in [6, 6.07) is 6.89. The zero-order valence-corrected chi connectivity index (χ0v) is 12.9. The van der Waals surface area contributed by atoms with Gasteiger partial charge in [-0.1, -0.05) is 11.6 Å². The van der Waals surface area contributed by atoms with Crippen molar-refractivity contribution in [3.63, 3.8) is 0 Å².